The molecule has 2 atom stereocenters. The van der Waals surface area contributed by atoms with Gasteiger partial charge in [0.05, 0.1) is 11.8 Å². The summed E-state index contributed by atoms with van der Waals surface area (Å²) >= 11 is 0. The molecule has 0 amide bonds. The van der Waals surface area contributed by atoms with E-state index < -0.39 is 35.7 Å². The van der Waals surface area contributed by atoms with Crippen molar-refractivity contribution in [2.24, 2.45) is 0 Å². The number of benzene rings is 1. The molecule has 2 fully saturated rings. The van der Waals surface area contributed by atoms with Crippen LogP contribution in [0.3, 0.4) is 0 Å². The first-order valence-electron chi connectivity index (χ1n) is 7.13. The zero-order valence-electron chi connectivity index (χ0n) is 11.7. The van der Waals surface area contributed by atoms with Crippen LogP contribution in [-0.4, -0.2) is 23.9 Å². The fourth-order valence-electron chi connectivity index (χ4n) is 2.79. The summed E-state index contributed by atoms with van der Waals surface area (Å²) in [4.78, 5) is 45.6. The van der Waals surface area contributed by atoms with Crippen molar-refractivity contribution in [2.45, 2.75) is 37.5 Å². The van der Waals surface area contributed by atoms with Crippen molar-refractivity contribution >= 4 is 23.9 Å². The van der Waals surface area contributed by atoms with E-state index in [0.29, 0.717) is 12.8 Å². The molecule has 0 aromatic heterocycles. The Morgan fingerprint density at radius 2 is 1.05 bits per heavy atom. The van der Waals surface area contributed by atoms with Crippen LogP contribution in [0.4, 0.5) is 0 Å². The quantitative estimate of drug-likeness (QED) is 0.609. The first kappa shape index (κ1) is 14.4. The van der Waals surface area contributed by atoms with E-state index in [1.807, 2.05) is 0 Å². The van der Waals surface area contributed by atoms with Gasteiger partial charge in [-0.05, 0) is 24.0 Å². The Bertz CT molecular complexity index is 588. The van der Waals surface area contributed by atoms with Gasteiger partial charge in [0.25, 0.3) is 0 Å². The van der Waals surface area contributed by atoms with Gasteiger partial charge >= 0.3 is 23.9 Å². The second-order valence-electron chi connectivity index (χ2n) is 5.44. The van der Waals surface area contributed by atoms with E-state index in [-0.39, 0.29) is 12.8 Å². The second kappa shape index (κ2) is 5.71. The molecule has 2 aliphatic rings. The molecule has 2 aliphatic heterocycles. The molecule has 2 unspecified atom stereocenters. The molecular formula is C16H14O6. The average Bonchev–Trinajstić information content (AvgIpc) is 2.48. The lowest BCUT2D eigenvalue weighted by Crippen LogP contribution is -2.27. The predicted octanol–water partition coefficient (Wildman–Crippen LogP) is 1.58. The summed E-state index contributed by atoms with van der Waals surface area (Å²) in [5, 5.41) is 0. The van der Waals surface area contributed by atoms with Gasteiger partial charge in [-0.2, -0.15) is 0 Å². The molecule has 0 aliphatic carbocycles. The highest BCUT2D eigenvalue weighted by molar-refractivity contribution is 5.93. The van der Waals surface area contributed by atoms with Gasteiger partial charge in [0.15, 0.2) is 0 Å². The topological polar surface area (TPSA) is 86.7 Å². The molecule has 114 valence electrons. The molecule has 1 aromatic rings. The third kappa shape index (κ3) is 2.77. The first-order valence-corrected chi connectivity index (χ1v) is 7.13. The van der Waals surface area contributed by atoms with Crippen LogP contribution in [0.1, 0.15) is 48.6 Å². The van der Waals surface area contributed by atoms with Crippen molar-refractivity contribution in [2.75, 3.05) is 0 Å². The molecule has 2 heterocycles. The van der Waals surface area contributed by atoms with Crippen LogP contribution >= 0.6 is 0 Å². The lowest BCUT2D eigenvalue weighted by Gasteiger charge is -2.22. The van der Waals surface area contributed by atoms with Crippen LogP contribution in [0.15, 0.2) is 24.3 Å². The molecule has 22 heavy (non-hydrogen) atoms. The molecule has 0 radical (unpaired) electrons. The van der Waals surface area contributed by atoms with Crippen molar-refractivity contribution in [3.63, 3.8) is 0 Å². The number of ether oxygens (including phenoxy) is 2. The lowest BCUT2D eigenvalue weighted by atomic mass is 9.88. The molecule has 0 bridgehead atoms. The minimum Gasteiger partial charge on any atom is -0.393 e. The summed E-state index contributed by atoms with van der Waals surface area (Å²) in [6, 6.07) is 7.00. The average molecular weight is 302 g/mol. The molecule has 6 heteroatoms. The normalized spacial score (nSPS) is 25.6. The fraction of sp³-hybridized carbons (Fsp3) is 0.375. The van der Waals surface area contributed by atoms with Crippen LogP contribution in [0.5, 0.6) is 0 Å². The minimum atomic E-state index is -0.535. The summed E-state index contributed by atoms with van der Waals surface area (Å²) in [5.41, 5.74) is 1.50. The smallest absolute Gasteiger partial charge is 0.321 e. The SMILES string of the molecule is O=C1CCC(c2ccc(C3CCC(=O)OC3=O)cc2)C(=O)O1. The van der Waals surface area contributed by atoms with E-state index in [9.17, 15) is 19.2 Å². The van der Waals surface area contributed by atoms with E-state index >= 15 is 0 Å². The van der Waals surface area contributed by atoms with E-state index in [4.69, 9.17) is 0 Å². The van der Waals surface area contributed by atoms with Gasteiger partial charge in [-0.15, -0.1) is 0 Å². The maximum atomic E-state index is 11.7. The zero-order valence-corrected chi connectivity index (χ0v) is 11.7. The summed E-state index contributed by atoms with van der Waals surface area (Å²) in [6.07, 6.45) is 1.29. The Labute approximate surface area is 126 Å². The number of hydrogen-bond acceptors (Lipinski definition) is 6. The second-order valence-corrected chi connectivity index (χ2v) is 5.44. The summed E-state index contributed by atoms with van der Waals surface area (Å²) in [7, 11) is 0. The maximum absolute atomic E-state index is 11.7. The molecule has 1 aromatic carbocycles. The molecule has 0 spiro atoms. The fourth-order valence-corrected chi connectivity index (χ4v) is 2.79. The minimum absolute atomic E-state index is 0.217. The van der Waals surface area contributed by atoms with E-state index in [1.165, 1.54) is 0 Å². The van der Waals surface area contributed by atoms with Crippen molar-refractivity contribution < 1.29 is 28.7 Å². The Hall–Kier alpha value is -2.50. The molecule has 6 nitrogen and oxygen atoms in total. The molecule has 0 N–H and O–H groups in total. The first-order chi connectivity index (χ1) is 10.5. The van der Waals surface area contributed by atoms with Gasteiger partial charge in [-0.25, -0.2) is 0 Å². The Morgan fingerprint density at radius 1 is 0.682 bits per heavy atom. The number of esters is 4. The zero-order chi connectivity index (χ0) is 15.7. The summed E-state index contributed by atoms with van der Waals surface area (Å²) in [5.74, 6) is -2.96. The van der Waals surface area contributed by atoms with Crippen molar-refractivity contribution in [3.05, 3.63) is 35.4 Å². The molecule has 0 saturated carbocycles. The number of hydrogen-bond donors (Lipinski definition) is 0. The number of cyclic esters (lactones) is 4. The molecule has 3 rings (SSSR count). The van der Waals surface area contributed by atoms with E-state index in [1.54, 1.807) is 24.3 Å². The lowest BCUT2D eigenvalue weighted by molar-refractivity contribution is -0.166. The van der Waals surface area contributed by atoms with Gasteiger partial charge < -0.3 is 9.47 Å². The van der Waals surface area contributed by atoms with Crippen molar-refractivity contribution in [1.82, 2.24) is 0 Å². The number of carbonyl (C=O) groups is 4. The van der Waals surface area contributed by atoms with Gasteiger partial charge in [0.1, 0.15) is 0 Å². The highest BCUT2D eigenvalue weighted by atomic mass is 16.6. The Balaban J connectivity index is 1.75. The van der Waals surface area contributed by atoms with Crippen LogP contribution < -0.4 is 0 Å². The van der Waals surface area contributed by atoms with Crippen molar-refractivity contribution in [1.29, 1.82) is 0 Å². The monoisotopic (exact) mass is 302 g/mol. The molecule has 2 saturated heterocycles. The van der Waals surface area contributed by atoms with Gasteiger partial charge in [0, 0.05) is 12.8 Å². The molecular weight excluding hydrogens is 288 g/mol. The van der Waals surface area contributed by atoms with Crippen LogP contribution in [0, 0.1) is 0 Å². The summed E-state index contributed by atoms with van der Waals surface area (Å²) < 4.78 is 9.28. The standard InChI is InChI=1S/C16H14O6/c17-13-7-5-11(15(19)21-13)9-1-2-10(4-3-9)12-6-8-14(18)22-16(12)20/h1-4,11-12H,5-8H2. The summed E-state index contributed by atoms with van der Waals surface area (Å²) in [6.45, 7) is 0. The van der Waals surface area contributed by atoms with Gasteiger partial charge in [-0.3, -0.25) is 19.2 Å². The number of rotatable bonds is 2. The Kier molecular flexibility index (Phi) is 3.75. The largest absolute Gasteiger partial charge is 0.393 e. The predicted molar refractivity (Wildman–Crippen MR) is 72.6 cm³/mol. The third-order valence-electron chi connectivity index (χ3n) is 4.01. The highest BCUT2D eigenvalue weighted by Crippen LogP contribution is 2.31. The van der Waals surface area contributed by atoms with Gasteiger partial charge in [0.2, 0.25) is 0 Å². The maximum Gasteiger partial charge on any atom is 0.321 e. The van der Waals surface area contributed by atoms with Gasteiger partial charge in [-0.1, -0.05) is 24.3 Å². The van der Waals surface area contributed by atoms with Crippen molar-refractivity contribution in [3.8, 4) is 0 Å². The van der Waals surface area contributed by atoms with Crippen LogP contribution in [0.2, 0.25) is 0 Å². The van der Waals surface area contributed by atoms with Crippen LogP contribution in [0.25, 0.3) is 0 Å². The Morgan fingerprint density at radius 3 is 1.36 bits per heavy atom. The van der Waals surface area contributed by atoms with E-state index in [0.717, 1.165) is 11.1 Å². The number of carbonyl (C=O) groups excluding carboxylic acids is 4. The third-order valence-corrected chi connectivity index (χ3v) is 4.01. The van der Waals surface area contributed by atoms with Crippen LogP contribution in [-0.2, 0) is 28.7 Å². The van der Waals surface area contributed by atoms with E-state index in [2.05, 4.69) is 9.47 Å². The highest BCUT2D eigenvalue weighted by Gasteiger charge is 2.32.